The van der Waals surface area contributed by atoms with Crippen LogP contribution in [0.3, 0.4) is 0 Å². The lowest BCUT2D eigenvalue weighted by molar-refractivity contribution is -0.137. The molecule has 0 heterocycles. The van der Waals surface area contributed by atoms with Crippen molar-refractivity contribution in [2.24, 2.45) is 5.92 Å². The lowest BCUT2D eigenvalue weighted by Crippen LogP contribution is -2.33. The van der Waals surface area contributed by atoms with Gasteiger partial charge in [0.05, 0.1) is 5.56 Å². The standard InChI is InChI=1S/C24H23F3NOP/c1-3-18(2)23(19-14-16-20(17-15-19)24(25,26)27)28-30(29,21-10-6-4-7-11-21)22-12-8-5-9-13-22/h3-18,23H,1H2,2H3,(H,28,29). The minimum atomic E-state index is -4.41. The molecule has 0 radical (unpaired) electrons. The molecular formula is C24H23F3NOP. The van der Waals surface area contributed by atoms with E-state index >= 15 is 0 Å². The van der Waals surface area contributed by atoms with Crippen LogP contribution in [0.25, 0.3) is 0 Å². The van der Waals surface area contributed by atoms with Gasteiger partial charge in [-0.3, -0.25) is 9.65 Å². The van der Waals surface area contributed by atoms with Crippen molar-refractivity contribution in [2.75, 3.05) is 0 Å². The van der Waals surface area contributed by atoms with Crippen LogP contribution >= 0.6 is 7.29 Å². The van der Waals surface area contributed by atoms with Crippen LogP contribution in [-0.4, -0.2) is 0 Å². The van der Waals surface area contributed by atoms with Crippen LogP contribution in [0.15, 0.2) is 97.6 Å². The molecule has 0 bridgehead atoms. The van der Waals surface area contributed by atoms with Gasteiger partial charge in [-0.2, -0.15) is 13.2 Å². The third-order valence-electron chi connectivity index (χ3n) is 5.06. The SMILES string of the molecule is C=CC(C)C(NP(=O)(c1ccccc1)c1ccccc1)c1ccc(C(F)(F)F)cc1. The summed E-state index contributed by atoms with van der Waals surface area (Å²) in [4.78, 5) is 0. The van der Waals surface area contributed by atoms with Crippen LogP contribution in [-0.2, 0) is 10.7 Å². The summed E-state index contributed by atoms with van der Waals surface area (Å²) in [6.45, 7) is 5.72. The Kier molecular flexibility index (Phi) is 6.64. The summed E-state index contributed by atoms with van der Waals surface area (Å²) in [5, 5.41) is 4.55. The van der Waals surface area contributed by atoms with E-state index in [1.807, 2.05) is 43.3 Å². The quantitative estimate of drug-likeness (QED) is 0.364. The maximum atomic E-state index is 14.3. The number of hydrogen-bond acceptors (Lipinski definition) is 1. The molecule has 0 saturated heterocycles. The maximum Gasteiger partial charge on any atom is 0.416 e. The van der Waals surface area contributed by atoms with Gasteiger partial charge in [0.1, 0.15) is 0 Å². The fourth-order valence-electron chi connectivity index (χ4n) is 3.28. The van der Waals surface area contributed by atoms with Crippen molar-refractivity contribution < 1.29 is 17.7 Å². The van der Waals surface area contributed by atoms with Gasteiger partial charge in [-0.05, 0) is 47.9 Å². The molecule has 0 saturated carbocycles. The first kappa shape index (κ1) is 22.1. The molecule has 0 spiro atoms. The molecule has 0 aliphatic carbocycles. The Bertz CT molecular complexity index is 974. The zero-order valence-corrected chi connectivity index (χ0v) is 17.4. The van der Waals surface area contributed by atoms with Gasteiger partial charge in [-0.25, -0.2) is 0 Å². The van der Waals surface area contributed by atoms with Gasteiger partial charge in [0, 0.05) is 16.7 Å². The highest BCUT2D eigenvalue weighted by Crippen LogP contribution is 2.44. The summed E-state index contributed by atoms with van der Waals surface area (Å²) in [5.74, 6) is -0.178. The summed E-state index contributed by atoms with van der Waals surface area (Å²) in [6.07, 6.45) is -2.70. The van der Waals surface area contributed by atoms with Crippen molar-refractivity contribution in [3.63, 3.8) is 0 Å². The normalized spacial score (nSPS) is 14.1. The zero-order valence-electron chi connectivity index (χ0n) is 16.5. The Morgan fingerprint density at radius 1 is 0.867 bits per heavy atom. The van der Waals surface area contributed by atoms with Crippen LogP contribution in [0, 0.1) is 5.92 Å². The molecule has 6 heteroatoms. The highest BCUT2D eigenvalue weighted by Gasteiger charge is 2.34. The second-order valence-corrected chi connectivity index (χ2v) is 9.61. The minimum absolute atomic E-state index is 0.178. The zero-order chi connectivity index (χ0) is 21.8. The van der Waals surface area contributed by atoms with E-state index in [-0.39, 0.29) is 5.92 Å². The molecule has 0 aliphatic rings. The smallest absolute Gasteiger partial charge is 0.297 e. The number of benzene rings is 3. The van der Waals surface area contributed by atoms with Crippen LogP contribution < -0.4 is 15.7 Å². The van der Waals surface area contributed by atoms with Gasteiger partial charge in [0.15, 0.2) is 0 Å². The predicted octanol–water partition coefficient (Wildman–Crippen LogP) is 6.09. The molecule has 1 N–H and O–H groups in total. The summed E-state index contributed by atoms with van der Waals surface area (Å²) < 4.78 is 53.3. The van der Waals surface area contributed by atoms with Gasteiger partial charge in [-0.15, -0.1) is 6.58 Å². The van der Waals surface area contributed by atoms with E-state index in [4.69, 9.17) is 0 Å². The molecule has 156 valence electrons. The third kappa shape index (κ3) is 4.75. The van der Waals surface area contributed by atoms with E-state index in [9.17, 15) is 17.7 Å². The van der Waals surface area contributed by atoms with E-state index in [1.54, 1.807) is 30.3 Å². The van der Waals surface area contributed by atoms with Gasteiger partial charge in [0.2, 0.25) is 7.29 Å². The average Bonchev–Trinajstić information content (AvgIpc) is 2.77. The molecule has 2 unspecified atom stereocenters. The summed E-state index contributed by atoms with van der Waals surface area (Å²) in [6, 6.07) is 22.6. The number of alkyl halides is 3. The second kappa shape index (κ2) is 9.03. The minimum Gasteiger partial charge on any atom is -0.297 e. The first-order valence-corrected chi connectivity index (χ1v) is 11.2. The van der Waals surface area contributed by atoms with Crippen molar-refractivity contribution in [1.29, 1.82) is 0 Å². The van der Waals surface area contributed by atoms with Gasteiger partial charge in [-0.1, -0.05) is 61.5 Å². The van der Waals surface area contributed by atoms with Gasteiger partial charge in [0.25, 0.3) is 0 Å². The van der Waals surface area contributed by atoms with Crippen LogP contribution in [0.4, 0.5) is 13.2 Å². The highest BCUT2D eigenvalue weighted by molar-refractivity contribution is 7.76. The lowest BCUT2D eigenvalue weighted by Gasteiger charge is -2.30. The summed E-state index contributed by atoms with van der Waals surface area (Å²) in [5.41, 5.74) is -0.104. The molecule has 0 fully saturated rings. The molecule has 0 aromatic heterocycles. The van der Waals surface area contributed by atoms with Crippen molar-refractivity contribution in [1.82, 2.24) is 5.09 Å². The third-order valence-corrected chi connectivity index (χ3v) is 7.75. The fourth-order valence-corrected chi connectivity index (χ4v) is 5.84. The first-order valence-electron chi connectivity index (χ1n) is 9.54. The van der Waals surface area contributed by atoms with Crippen molar-refractivity contribution >= 4 is 17.9 Å². The van der Waals surface area contributed by atoms with Crippen molar-refractivity contribution in [3.05, 3.63) is 109 Å². The Morgan fingerprint density at radius 2 is 1.33 bits per heavy atom. The van der Waals surface area contributed by atoms with Gasteiger partial charge < -0.3 is 0 Å². The lowest BCUT2D eigenvalue weighted by atomic mass is 9.95. The fraction of sp³-hybridized carbons (Fsp3) is 0.167. The number of hydrogen-bond donors (Lipinski definition) is 1. The van der Waals surface area contributed by atoms with Crippen molar-refractivity contribution in [3.8, 4) is 0 Å². The molecule has 3 aromatic carbocycles. The predicted molar refractivity (Wildman–Crippen MR) is 116 cm³/mol. The Hall–Kier alpha value is -2.62. The average molecular weight is 429 g/mol. The summed E-state index contributed by atoms with van der Waals surface area (Å²) in [7, 11) is -3.28. The maximum absolute atomic E-state index is 14.3. The number of rotatable bonds is 7. The Morgan fingerprint density at radius 3 is 1.73 bits per heavy atom. The Labute approximate surface area is 174 Å². The Balaban J connectivity index is 2.07. The largest absolute Gasteiger partial charge is 0.416 e. The molecule has 0 aliphatic heterocycles. The number of halogens is 3. The van der Waals surface area contributed by atoms with E-state index in [0.29, 0.717) is 16.2 Å². The van der Waals surface area contributed by atoms with Crippen LogP contribution in [0.5, 0.6) is 0 Å². The molecule has 30 heavy (non-hydrogen) atoms. The van der Waals surface area contributed by atoms with E-state index < -0.39 is 25.1 Å². The van der Waals surface area contributed by atoms with E-state index in [0.717, 1.165) is 12.1 Å². The van der Waals surface area contributed by atoms with E-state index in [2.05, 4.69) is 11.7 Å². The first-order chi connectivity index (χ1) is 14.3. The number of nitrogens with one attached hydrogen (secondary N) is 1. The van der Waals surface area contributed by atoms with Gasteiger partial charge >= 0.3 is 6.18 Å². The van der Waals surface area contributed by atoms with Crippen molar-refractivity contribution in [2.45, 2.75) is 19.1 Å². The molecular weight excluding hydrogens is 406 g/mol. The molecule has 3 aromatic rings. The monoisotopic (exact) mass is 429 g/mol. The molecule has 2 nitrogen and oxygen atoms in total. The van der Waals surface area contributed by atoms with Crippen LogP contribution in [0.1, 0.15) is 24.1 Å². The summed E-state index contributed by atoms with van der Waals surface area (Å²) >= 11 is 0. The molecule has 3 rings (SSSR count). The molecule has 0 amide bonds. The second-order valence-electron chi connectivity index (χ2n) is 7.10. The highest BCUT2D eigenvalue weighted by atomic mass is 31.2. The van der Waals surface area contributed by atoms with E-state index in [1.165, 1.54) is 12.1 Å². The van der Waals surface area contributed by atoms with Crippen LogP contribution in [0.2, 0.25) is 0 Å². The topological polar surface area (TPSA) is 29.1 Å². The molecule has 2 atom stereocenters.